The zero-order valence-electron chi connectivity index (χ0n) is 15.4. The van der Waals surface area contributed by atoms with Crippen LogP contribution in [0.2, 0.25) is 0 Å². The molecule has 0 spiro atoms. The molecule has 0 aliphatic heterocycles. The van der Waals surface area contributed by atoms with E-state index in [4.69, 9.17) is 9.47 Å². The lowest BCUT2D eigenvalue weighted by atomic mass is 10.1. The third-order valence-corrected chi connectivity index (χ3v) is 8.18. The van der Waals surface area contributed by atoms with Crippen molar-refractivity contribution in [2.45, 2.75) is 37.4 Å². The third kappa shape index (κ3) is 3.72. The molecule has 0 heterocycles. The first-order valence-corrected chi connectivity index (χ1v) is 10.3. The lowest BCUT2D eigenvalue weighted by Gasteiger charge is -2.35. The number of methoxy groups -OCH3 is 2. The second-order valence-corrected chi connectivity index (χ2v) is 8.94. The maximum atomic E-state index is 5.65. The second kappa shape index (κ2) is 8.27. The summed E-state index contributed by atoms with van der Waals surface area (Å²) in [4.78, 5) is 0. The van der Waals surface area contributed by atoms with Gasteiger partial charge in [0.15, 0.2) is 0 Å². The molecule has 2 nitrogen and oxygen atoms in total. The molecule has 2 aliphatic carbocycles. The molecule has 0 saturated carbocycles. The van der Waals surface area contributed by atoms with Crippen LogP contribution in [0.1, 0.15) is 13.8 Å². The fourth-order valence-electron chi connectivity index (χ4n) is 3.59. The fraction of sp³-hybridized carbons (Fsp3) is 0.364. The Morgan fingerprint density at radius 3 is 1.72 bits per heavy atom. The van der Waals surface area contributed by atoms with Gasteiger partial charge in [-0.2, -0.15) is 0 Å². The summed E-state index contributed by atoms with van der Waals surface area (Å²) in [5.74, 6) is 0. The van der Waals surface area contributed by atoms with Gasteiger partial charge in [0.2, 0.25) is 0 Å². The van der Waals surface area contributed by atoms with Crippen LogP contribution >= 0.6 is 7.92 Å². The van der Waals surface area contributed by atoms with Crippen LogP contribution in [-0.4, -0.2) is 37.7 Å². The van der Waals surface area contributed by atoms with Gasteiger partial charge in [-0.3, -0.25) is 0 Å². The first kappa shape index (κ1) is 18.3. The fourth-order valence-corrected chi connectivity index (χ4v) is 6.90. The van der Waals surface area contributed by atoms with Gasteiger partial charge in [-0.1, -0.05) is 74.7 Å². The molecule has 0 saturated heterocycles. The summed E-state index contributed by atoms with van der Waals surface area (Å²) in [6.07, 6.45) is 13.8. The molecule has 0 N–H and O–H groups in total. The number of allylic oxidation sites excluding steroid dienone is 6. The smallest absolute Gasteiger partial charge is 0.0765 e. The van der Waals surface area contributed by atoms with Crippen molar-refractivity contribution in [1.82, 2.24) is 0 Å². The molecule has 1 aromatic carbocycles. The Hall–Kier alpha value is -1.47. The van der Waals surface area contributed by atoms with Crippen molar-refractivity contribution in [3.63, 3.8) is 0 Å². The van der Waals surface area contributed by atoms with Crippen molar-refractivity contribution in [3.05, 3.63) is 77.9 Å². The zero-order chi connectivity index (χ0) is 17.8. The van der Waals surface area contributed by atoms with Gasteiger partial charge in [0.25, 0.3) is 0 Å². The monoisotopic (exact) mass is 354 g/mol. The molecule has 132 valence electrons. The van der Waals surface area contributed by atoms with Gasteiger partial charge in [0.1, 0.15) is 0 Å². The molecule has 0 fully saturated rings. The van der Waals surface area contributed by atoms with Gasteiger partial charge in [0.05, 0.1) is 12.2 Å². The Kier molecular flexibility index (Phi) is 6.06. The minimum atomic E-state index is -0.483. The van der Waals surface area contributed by atoms with E-state index in [9.17, 15) is 0 Å². The Morgan fingerprint density at radius 2 is 1.28 bits per heavy atom. The van der Waals surface area contributed by atoms with E-state index in [2.05, 4.69) is 80.6 Å². The SMILES string of the molecule is CO[C@@H](C)C1=CC=CC1P(c1ccccc1)C1C=CC=C1[C@H](C)OC. The van der Waals surface area contributed by atoms with E-state index < -0.39 is 7.92 Å². The van der Waals surface area contributed by atoms with Gasteiger partial charge >= 0.3 is 0 Å². The van der Waals surface area contributed by atoms with Gasteiger partial charge in [-0.15, -0.1) is 0 Å². The summed E-state index contributed by atoms with van der Waals surface area (Å²) in [6, 6.07) is 10.9. The molecule has 0 radical (unpaired) electrons. The Labute approximate surface area is 152 Å². The summed E-state index contributed by atoms with van der Waals surface area (Å²) < 4.78 is 11.3. The van der Waals surface area contributed by atoms with E-state index in [1.807, 2.05) is 0 Å². The van der Waals surface area contributed by atoms with Crippen molar-refractivity contribution in [1.29, 1.82) is 0 Å². The van der Waals surface area contributed by atoms with E-state index in [0.717, 1.165) is 0 Å². The topological polar surface area (TPSA) is 18.5 Å². The average molecular weight is 354 g/mol. The van der Waals surface area contributed by atoms with Crippen LogP contribution in [0.5, 0.6) is 0 Å². The maximum absolute atomic E-state index is 5.65. The molecule has 2 aliphatic rings. The first-order valence-electron chi connectivity index (χ1n) is 8.83. The van der Waals surface area contributed by atoms with E-state index in [1.54, 1.807) is 14.2 Å². The summed E-state index contributed by atoms with van der Waals surface area (Å²) in [6.45, 7) is 4.28. The number of rotatable bonds is 7. The van der Waals surface area contributed by atoms with Gasteiger partial charge < -0.3 is 9.47 Å². The minimum Gasteiger partial charge on any atom is -0.377 e. The molecule has 0 bridgehead atoms. The molecular formula is C22H27O2P. The molecule has 25 heavy (non-hydrogen) atoms. The standard InChI is InChI=1S/C22H27O2P/c1-16(23-3)19-12-8-14-21(19)25(18-10-6-5-7-11-18)22-15-9-13-20(22)17(2)24-4/h5-17,21-22H,1-4H3/t16-,17-,21?,22?,25?/m0/s1. The summed E-state index contributed by atoms with van der Waals surface area (Å²) in [5.41, 5.74) is 3.55. The minimum absolute atomic E-state index is 0.131. The number of hydrogen-bond donors (Lipinski definition) is 0. The molecule has 0 aromatic heterocycles. The average Bonchev–Trinajstić information content (AvgIpc) is 3.32. The van der Waals surface area contributed by atoms with Gasteiger partial charge in [-0.05, 0) is 30.3 Å². The van der Waals surface area contributed by atoms with Gasteiger partial charge in [-0.25, -0.2) is 0 Å². The van der Waals surface area contributed by atoms with Gasteiger partial charge in [0, 0.05) is 25.5 Å². The van der Waals surface area contributed by atoms with Crippen LogP contribution in [0.25, 0.3) is 0 Å². The predicted octanol–water partition coefficient (Wildman–Crippen LogP) is 4.59. The Balaban J connectivity index is 2.00. The summed E-state index contributed by atoms with van der Waals surface area (Å²) in [5, 5.41) is 1.43. The molecule has 3 heteroatoms. The molecule has 1 aromatic rings. The molecule has 2 unspecified atom stereocenters. The van der Waals surface area contributed by atoms with Crippen LogP contribution in [-0.2, 0) is 9.47 Å². The first-order chi connectivity index (χ1) is 12.2. The van der Waals surface area contributed by atoms with Crippen LogP contribution in [0, 0.1) is 0 Å². The van der Waals surface area contributed by atoms with E-state index in [-0.39, 0.29) is 12.2 Å². The molecular weight excluding hydrogens is 327 g/mol. The van der Waals surface area contributed by atoms with Crippen molar-refractivity contribution in [2.75, 3.05) is 14.2 Å². The quantitative estimate of drug-likeness (QED) is 0.667. The van der Waals surface area contributed by atoms with Crippen LogP contribution in [0.3, 0.4) is 0 Å². The van der Waals surface area contributed by atoms with Crippen molar-refractivity contribution in [2.24, 2.45) is 0 Å². The molecule has 0 amide bonds. The van der Waals surface area contributed by atoms with Crippen LogP contribution < -0.4 is 5.30 Å². The van der Waals surface area contributed by atoms with Crippen molar-refractivity contribution >= 4 is 13.2 Å². The van der Waals surface area contributed by atoms with E-state index >= 15 is 0 Å². The van der Waals surface area contributed by atoms with E-state index in [1.165, 1.54) is 16.5 Å². The second-order valence-electron chi connectivity index (χ2n) is 6.49. The normalized spacial score (nSPS) is 25.6. The molecule has 4 atom stereocenters. The highest BCUT2D eigenvalue weighted by atomic mass is 31.1. The van der Waals surface area contributed by atoms with Crippen molar-refractivity contribution < 1.29 is 9.47 Å². The van der Waals surface area contributed by atoms with Crippen LogP contribution in [0.15, 0.2) is 77.9 Å². The highest BCUT2D eigenvalue weighted by Gasteiger charge is 2.37. The highest BCUT2D eigenvalue weighted by molar-refractivity contribution is 7.68. The highest BCUT2D eigenvalue weighted by Crippen LogP contribution is 2.55. The number of benzene rings is 1. The molecule has 3 rings (SSSR count). The predicted molar refractivity (Wildman–Crippen MR) is 108 cm³/mol. The summed E-state index contributed by atoms with van der Waals surface area (Å²) >= 11 is 0. The van der Waals surface area contributed by atoms with Crippen molar-refractivity contribution in [3.8, 4) is 0 Å². The van der Waals surface area contributed by atoms with E-state index in [0.29, 0.717) is 11.3 Å². The number of hydrogen-bond acceptors (Lipinski definition) is 2. The largest absolute Gasteiger partial charge is 0.377 e. The van der Waals surface area contributed by atoms with Crippen LogP contribution in [0.4, 0.5) is 0 Å². The zero-order valence-corrected chi connectivity index (χ0v) is 16.3. The Bertz CT molecular complexity index is 660. The lowest BCUT2D eigenvalue weighted by molar-refractivity contribution is 0.145. The summed E-state index contributed by atoms with van der Waals surface area (Å²) in [7, 11) is 3.10. The lowest BCUT2D eigenvalue weighted by Crippen LogP contribution is -2.28. The third-order valence-electron chi connectivity index (χ3n) is 5.15. The maximum Gasteiger partial charge on any atom is 0.0765 e. The Morgan fingerprint density at radius 1 is 0.800 bits per heavy atom. The number of ether oxygens (including phenoxy) is 2.